The van der Waals surface area contributed by atoms with Crippen LogP contribution in [0.3, 0.4) is 0 Å². The van der Waals surface area contributed by atoms with Gasteiger partial charge in [0.2, 0.25) is 0 Å². The van der Waals surface area contributed by atoms with Gasteiger partial charge in [0, 0.05) is 22.3 Å². The molecule has 3 N–H and O–H groups in total. The topological polar surface area (TPSA) is 38.0 Å². The van der Waals surface area contributed by atoms with Crippen molar-refractivity contribution >= 4 is 11.3 Å². The van der Waals surface area contributed by atoms with Gasteiger partial charge in [0.25, 0.3) is 0 Å². The predicted molar refractivity (Wildman–Crippen MR) is 70.7 cm³/mol. The maximum absolute atomic E-state index is 5.90. The minimum absolute atomic E-state index is 0.459. The zero-order valence-electron chi connectivity index (χ0n) is 10.0. The highest BCUT2D eigenvalue weighted by atomic mass is 32.1. The molecule has 0 radical (unpaired) electrons. The van der Waals surface area contributed by atoms with Crippen molar-refractivity contribution in [3.05, 3.63) is 21.9 Å². The van der Waals surface area contributed by atoms with Gasteiger partial charge in [-0.2, -0.15) is 0 Å². The van der Waals surface area contributed by atoms with E-state index in [-0.39, 0.29) is 0 Å². The molecule has 1 fully saturated rings. The standard InChI is InChI=1S/C13H22N2S/c1-2-12-5-6-13(16-12)9-15-8-10-3-4-11(14)7-10/h5-6,10-11,15H,2-4,7-9,14H2,1H3. The molecule has 0 aromatic carbocycles. The van der Waals surface area contributed by atoms with Gasteiger partial charge in [-0.3, -0.25) is 0 Å². The summed E-state index contributed by atoms with van der Waals surface area (Å²) in [6.07, 6.45) is 4.88. The Hall–Kier alpha value is -0.380. The summed E-state index contributed by atoms with van der Waals surface area (Å²) in [6, 6.07) is 4.95. The number of aryl methyl sites for hydroxylation is 1. The Kier molecular flexibility index (Phi) is 4.38. The van der Waals surface area contributed by atoms with Crippen LogP contribution in [0.25, 0.3) is 0 Å². The van der Waals surface area contributed by atoms with Crippen LogP contribution in [0.2, 0.25) is 0 Å². The lowest BCUT2D eigenvalue weighted by molar-refractivity contribution is 0.484. The van der Waals surface area contributed by atoms with Crippen molar-refractivity contribution in [2.45, 2.75) is 45.2 Å². The Morgan fingerprint density at radius 3 is 2.81 bits per heavy atom. The quantitative estimate of drug-likeness (QED) is 0.827. The summed E-state index contributed by atoms with van der Waals surface area (Å²) >= 11 is 1.93. The van der Waals surface area contributed by atoms with Gasteiger partial charge in [0.05, 0.1) is 0 Å². The van der Waals surface area contributed by atoms with Crippen LogP contribution in [-0.4, -0.2) is 12.6 Å². The van der Waals surface area contributed by atoms with Crippen molar-refractivity contribution in [2.75, 3.05) is 6.54 Å². The molecule has 1 aliphatic carbocycles. The van der Waals surface area contributed by atoms with Gasteiger partial charge < -0.3 is 11.1 Å². The van der Waals surface area contributed by atoms with Gasteiger partial charge in [-0.25, -0.2) is 0 Å². The van der Waals surface area contributed by atoms with Crippen LogP contribution in [0.15, 0.2) is 12.1 Å². The van der Waals surface area contributed by atoms with Gasteiger partial charge in [-0.15, -0.1) is 11.3 Å². The van der Waals surface area contributed by atoms with Crippen molar-refractivity contribution in [1.29, 1.82) is 0 Å². The third-order valence-corrected chi connectivity index (χ3v) is 4.61. The lowest BCUT2D eigenvalue weighted by Crippen LogP contribution is -2.22. The van der Waals surface area contributed by atoms with E-state index >= 15 is 0 Å². The molecule has 0 saturated heterocycles. The van der Waals surface area contributed by atoms with Crippen molar-refractivity contribution in [1.82, 2.24) is 5.32 Å². The third-order valence-electron chi connectivity index (χ3n) is 3.38. The van der Waals surface area contributed by atoms with Gasteiger partial charge in [-0.05, 0) is 50.3 Å². The number of thiophene rings is 1. The first-order valence-electron chi connectivity index (χ1n) is 6.31. The van der Waals surface area contributed by atoms with E-state index in [1.54, 1.807) is 0 Å². The minimum atomic E-state index is 0.459. The van der Waals surface area contributed by atoms with Crippen molar-refractivity contribution < 1.29 is 0 Å². The van der Waals surface area contributed by atoms with Crippen LogP contribution in [0.1, 0.15) is 35.9 Å². The maximum Gasteiger partial charge on any atom is 0.0299 e. The molecular formula is C13H22N2S. The number of nitrogens with two attached hydrogens (primary N) is 1. The smallest absolute Gasteiger partial charge is 0.0299 e. The van der Waals surface area contributed by atoms with Crippen LogP contribution in [0.5, 0.6) is 0 Å². The second-order valence-electron chi connectivity index (χ2n) is 4.79. The van der Waals surface area contributed by atoms with Gasteiger partial charge in [0.1, 0.15) is 0 Å². The zero-order valence-corrected chi connectivity index (χ0v) is 10.9. The molecule has 2 nitrogen and oxygen atoms in total. The molecular weight excluding hydrogens is 216 g/mol. The molecule has 1 aromatic heterocycles. The lowest BCUT2D eigenvalue weighted by atomic mass is 10.1. The fraction of sp³-hybridized carbons (Fsp3) is 0.692. The number of rotatable bonds is 5. The molecule has 1 aliphatic rings. The highest BCUT2D eigenvalue weighted by molar-refractivity contribution is 7.11. The summed E-state index contributed by atoms with van der Waals surface area (Å²) in [5.74, 6) is 0.806. The van der Waals surface area contributed by atoms with E-state index in [2.05, 4.69) is 24.4 Å². The molecule has 0 bridgehead atoms. The van der Waals surface area contributed by atoms with E-state index in [1.165, 1.54) is 29.0 Å². The SMILES string of the molecule is CCc1ccc(CNCC2CCC(N)C2)s1. The summed E-state index contributed by atoms with van der Waals surface area (Å²) in [5.41, 5.74) is 5.90. The largest absolute Gasteiger partial charge is 0.328 e. The number of nitrogens with one attached hydrogen (secondary N) is 1. The van der Waals surface area contributed by atoms with Crippen LogP contribution < -0.4 is 11.1 Å². The summed E-state index contributed by atoms with van der Waals surface area (Å²) in [5, 5.41) is 3.56. The van der Waals surface area contributed by atoms with Gasteiger partial charge in [-0.1, -0.05) is 6.92 Å². The molecule has 2 rings (SSSR count). The molecule has 0 amide bonds. The molecule has 1 aromatic rings. The van der Waals surface area contributed by atoms with Crippen LogP contribution in [0, 0.1) is 5.92 Å². The van der Waals surface area contributed by atoms with Gasteiger partial charge >= 0.3 is 0 Å². The van der Waals surface area contributed by atoms with Crippen LogP contribution >= 0.6 is 11.3 Å². The Labute approximate surface area is 102 Å². The summed E-state index contributed by atoms with van der Waals surface area (Å²) < 4.78 is 0. The van der Waals surface area contributed by atoms with E-state index in [4.69, 9.17) is 5.73 Å². The van der Waals surface area contributed by atoms with E-state index < -0.39 is 0 Å². The monoisotopic (exact) mass is 238 g/mol. The molecule has 2 atom stereocenters. The van der Waals surface area contributed by atoms with Gasteiger partial charge in [0.15, 0.2) is 0 Å². The molecule has 90 valence electrons. The molecule has 3 heteroatoms. The third kappa shape index (κ3) is 3.30. The first-order chi connectivity index (χ1) is 7.78. The normalized spacial score (nSPS) is 25.1. The highest BCUT2D eigenvalue weighted by Gasteiger charge is 2.20. The van der Waals surface area contributed by atoms with Crippen molar-refractivity contribution in [3.8, 4) is 0 Å². The van der Waals surface area contributed by atoms with Crippen LogP contribution in [0.4, 0.5) is 0 Å². The predicted octanol–water partition coefficient (Wildman–Crippen LogP) is 2.53. The van der Waals surface area contributed by atoms with Crippen molar-refractivity contribution in [2.24, 2.45) is 11.7 Å². The summed E-state index contributed by atoms with van der Waals surface area (Å²) in [6.45, 7) is 4.37. The number of hydrogen-bond acceptors (Lipinski definition) is 3. The Balaban J connectivity index is 1.67. The second kappa shape index (κ2) is 5.80. The molecule has 2 unspecified atom stereocenters. The minimum Gasteiger partial charge on any atom is -0.328 e. The van der Waals surface area contributed by atoms with Crippen molar-refractivity contribution in [3.63, 3.8) is 0 Å². The Morgan fingerprint density at radius 2 is 2.19 bits per heavy atom. The summed E-state index contributed by atoms with van der Waals surface area (Å²) in [4.78, 5) is 2.94. The molecule has 16 heavy (non-hydrogen) atoms. The zero-order chi connectivity index (χ0) is 11.4. The lowest BCUT2D eigenvalue weighted by Gasteiger charge is -2.09. The average molecular weight is 238 g/mol. The first-order valence-corrected chi connectivity index (χ1v) is 7.13. The molecule has 0 spiro atoms. The number of hydrogen-bond donors (Lipinski definition) is 2. The molecule has 1 heterocycles. The van der Waals surface area contributed by atoms with E-state index in [1.807, 2.05) is 11.3 Å². The fourth-order valence-corrected chi connectivity index (χ4v) is 3.33. The van der Waals surface area contributed by atoms with E-state index in [9.17, 15) is 0 Å². The fourth-order valence-electron chi connectivity index (χ4n) is 2.41. The van der Waals surface area contributed by atoms with E-state index in [0.717, 1.165) is 25.4 Å². The highest BCUT2D eigenvalue weighted by Crippen LogP contribution is 2.23. The maximum atomic E-state index is 5.90. The Morgan fingerprint density at radius 1 is 1.38 bits per heavy atom. The average Bonchev–Trinajstić information content (AvgIpc) is 2.88. The molecule has 0 aliphatic heterocycles. The first kappa shape index (κ1) is 12.1. The van der Waals surface area contributed by atoms with E-state index in [0.29, 0.717) is 6.04 Å². The van der Waals surface area contributed by atoms with Crippen LogP contribution in [-0.2, 0) is 13.0 Å². The summed E-state index contributed by atoms with van der Waals surface area (Å²) in [7, 11) is 0. The molecule has 1 saturated carbocycles. The Bertz CT molecular complexity index is 321. The second-order valence-corrected chi connectivity index (χ2v) is 6.04.